The van der Waals surface area contributed by atoms with Crippen LogP contribution in [0.25, 0.3) is 47.6 Å². The number of hydrogen-bond donors (Lipinski definition) is 0. The Balaban J connectivity index is 1.20. The van der Waals surface area contributed by atoms with E-state index in [4.69, 9.17) is 0 Å². The summed E-state index contributed by atoms with van der Waals surface area (Å²) in [6, 6.07) is 44.9. The molecule has 0 heterocycles. The van der Waals surface area contributed by atoms with Gasteiger partial charge in [0.1, 0.15) is 0 Å². The van der Waals surface area contributed by atoms with Gasteiger partial charge in [0.05, 0.1) is 0 Å². The molecule has 0 spiro atoms. The Morgan fingerprint density at radius 2 is 0.500 bits per heavy atom. The Hall–Kier alpha value is -6.50. The van der Waals surface area contributed by atoms with Gasteiger partial charge < -0.3 is 0 Å². The van der Waals surface area contributed by atoms with Crippen LogP contribution in [-0.4, -0.2) is 0 Å². The average Bonchev–Trinajstić information content (AvgIpc) is 3.19. The predicted octanol–water partition coefficient (Wildman–Crippen LogP) is 16.9. The largest absolute Gasteiger partial charge is 0.0616 e. The van der Waals surface area contributed by atoms with Gasteiger partial charge in [-0.05, 0) is 207 Å². The first-order chi connectivity index (χ1) is 29.7. The summed E-state index contributed by atoms with van der Waals surface area (Å²) < 4.78 is 0. The molecular formula is C62H62. The Morgan fingerprint density at radius 1 is 0.274 bits per heavy atom. The van der Waals surface area contributed by atoms with Gasteiger partial charge in [-0.1, -0.05) is 168 Å². The van der Waals surface area contributed by atoms with Crippen LogP contribution in [0.15, 0.2) is 121 Å². The summed E-state index contributed by atoms with van der Waals surface area (Å²) in [5, 5.41) is 0. The molecule has 0 N–H and O–H groups in total. The summed E-state index contributed by atoms with van der Waals surface area (Å²) in [7, 11) is 0. The van der Waals surface area contributed by atoms with Gasteiger partial charge in [-0.3, -0.25) is 0 Å². The smallest absolute Gasteiger partial charge is 0.00946 e. The third-order valence-corrected chi connectivity index (χ3v) is 12.2. The van der Waals surface area contributed by atoms with Crippen LogP contribution in [-0.2, 0) is 0 Å². The van der Waals surface area contributed by atoms with Crippen molar-refractivity contribution < 1.29 is 0 Å². The van der Waals surface area contributed by atoms with Gasteiger partial charge in [-0.25, -0.2) is 0 Å². The van der Waals surface area contributed by atoms with E-state index < -0.39 is 0 Å². The van der Waals surface area contributed by atoms with E-state index in [0.29, 0.717) is 0 Å². The maximum absolute atomic E-state index is 2.41. The van der Waals surface area contributed by atoms with Crippen molar-refractivity contribution in [1.29, 1.82) is 0 Å². The number of aryl methyl sites for hydroxylation is 12. The Labute approximate surface area is 372 Å². The van der Waals surface area contributed by atoms with E-state index in [1.54, 1.807) is 0 Å². The van der Waals surface area contributed by atoms with Crippen LogP contribution in [0.3, 0.4) is 0 Å². The highest BCUT2D eigenvalue weighted by atomic mass is 14.2. The fourth-order valence-corrected chi connectivity index (χ4v) is 9.95. The van der Waals surface area contributed by atoms with E-state index in [2.05, 4.69) is 241 Å². The number of hydrogen-bond acceptors (Lipinski definition) is 0. The first-order valence-electron chi connectivity index (χ1n) is 22.1. The highest BCUT2D eigenvalue weighted by Gasteiger charge is 2.19. The van der Waals surface area contributed by atoms with Gasteiger partial charge in [0.25, 0.3) is 0 Å². The summed E-state index contributed by atoms with van der Waals surface area (Å²) in [5.74, 6) is 0. The van der Waals surface area contributed by atoms with Crippen LogP contribution in [0, 0.1) is 83.1 Å². The molecule has 0 aliphatic heterocycles. The SMILES string of the molecule is Cc1cc(C)c(C(=Cc2ccccc2/C=C\c2ccc(/C=C\c3ccccc3C=C(c3c(C)cc(C)cc3C)c3c(C)cc(C)cc3C)cc2)c2c(C)cc(C)cc2C)c(C)c1. The zero-order valence-corrected chi connectivity index (χ0v) is 39.0. The van der Waals surface area contributed by atoms with E-state index in [1.165, 1.54) is 122 Å². The summed E-state index contributed by atoms with van der Waals surface area (Å²) in [5.41, 5.74) is 30.6. The molecule has 0 aliphatic carbocycles. The second-order valence-electron chi connectivity index (χ2n) is 17.8. The Morgan fingerprint density at radius 3 is 0.742 bits per heavy atom. The minimum absolute atomic E-state index is 1.16. The standard InChI is InChI=1S/C62H62/c1-39-29-43(5)59(44(6)30-39)57(60-45(7)31-40(2)32-46(60)8)37-55-19-15-13-17-53(55)27-25-51-21-23-52(24-22-51)26-28-54-18-14-16-20-56(54)38-58(61-47(9)33-41(3)34-48(61)10)62-49(11)35-42(4)36-50(62)12/h13-38H,1-12H3/b27-25-,28-26-. The molecule has 7 rings (SSSR count). The molecule has 310 valence electrons. The zero-order chi connectivity index (χ0) is 44.2. The van der Waals surface area contributed by atoms with Gasteiger partial charge in [-0.15, -0.1) is 0 Å². The molecule has 62 heavy (non-hydrogen) atoms. The monoisotopic (exact) mass is 806 g/mol. The minimum atomic E-state index is 1.16. The molecule has 0 fully saturated rings. The van der Waals surface area contributed by atoms with Gasteiger partial charge in [-0.2, -0.15) is 0 Å². The van der Waals surface area contributed by atoms with Crippen molar-refractivity contribution >= 4 is 47.6 Å². The zero-order valence-electron chi connectivity index (χ0n) is 39.0. The second kappa shape index (κ2) is 18.6. The number of benzene rings is 7. The van der Waals surface area contributed by atoms with E-state index in [0.717, 1.165) is 11.1 Å². The molecule has 0 saturated heterocycles. The van der Waals surface area contributed by atoms with E-state index in [9.17, 15) is 0 Å². The second-order valence-corrected chi connectivity index (χ2v) is 17.8. The molecule has 7 aromatic carbocycles. The van der Waals surface area contributed by atoms with Crippen molar-refractivity contribution in [3.8, 4) is 0 Å². The highest BCUT2D eigenvalue weighted by Crippen LogP contribution is 2.38. The van der Waals surface area contributed by atoms with Gasteiger partial charge in [0, 0.05) is 0 Å². The Kier molecular flexibility index (Phi) is 13.1. The van der Waals surface area contributed by atoms with Crippen molar-refractivity contribution in [1.82, 2.24) is 0 Å². The molecular weight excluding hydrogens is 745 g/mol. The molecule has 0 atom stereocenters. The lowest BCUT2D eigenvalue weighted by molar-refractivity contribution is 1.25. The van der Waals surface area contributed by atoms with Gasteiger partial charge in [0.15, 0.2) is 0 Å². The Bertz CT molecular complexity index is 2520. The van der Waals surface area contributed by atoms with Crippen LogP contribution in [0.4, 0.5) is 0 Å². The van der Waals surface area contributed by atoms with Crippen LogP contribution >= 0.6 is 0 Å². The molecule has 0 saturated carbocycles. The molecule has 0 radical (unpaired) electrons. The van der Waals surface area contributed by atoms with E-state index in [-0.39, 0.29) is 0 Å². The lowest BCUT2D eigenvalue weighted by Crippen LogP contribution is -2.01. The third kappa shape index (κ3) is 9.67. The maximum atomic E-state index is 2.41. The van der Waals surface area contributed by atoms with E-state index in [1.807, 2.05) is 0 Å². The van der Waals surface area contributed by atoms with Gasteiger partial charge in [0.2, 0.25) is 0 Å². The first kappa shape index (κ1) is 43.6. The van der Waals surface area contributed by atoms with Crippen LogP contribution in [0.5, 0.6) is 0 Å². The van der Waals surface area contributed by atoms with Crippen molar-refractivity contribution in [2.75, 3.05) is 0 Å². The summed E-state index contributed by atoms with van der Waals surface area (Å²) in [6.45, 7) is 26.8. The minimum Gasteiger partial charge on any atom is -0.0616 e. The molecule has 7 aromatic rings. The van der Waals surface area contributed by atoms with Gasteiger partial charge >= 0.3 is 0 Å². The molecule has 0 unspecified atom stereocenters. The van der Waals surface area contributed by atoms with Crippen LogP contribution in [0.1, 0.15) is 122 Å². The summed E-state index contributed by atoms with van der Waals surface area (Å²) >= 11 is 0. The van der Waals surface area contributed by atoms with Crippen molar-refractivity contribution in [2.24, 2.45) is 0 Å². The van der Waals surface area contributed by atoms with E-state index >= 15 is 0 Å². The topological polar surface area (TPSA) is 0 Å². The average molecular weight is 807 g/mol. The highest BCUT2D eigenvalue weighted by molar-refractivity contribution is 5.98. The lowest BCUT2D eigenvalue weighted by Gasteiger charge is -2.20. The molecule has 0 aliphatic rings. The predicted molar refractivity (Wildman–Crippen MR) is 274 cm³/mol. The molecule has 0 heteroatoms. The van der Waals surface area contributed by atoms with Crippen molar-refractivity contribution in [2.45, 2.75) is 83.1 Å². The summed E-state index contributed by atoms with van der Waals surface area (Å²) in [6.07, 6.45) is 13.8. The first-order valence-corrected chi connectivity index (χ1v) is 22.1. The lowest BCUT2D eigenvalue weighted by atomic mass is 9.84. The van der Waals surface area contributed by atoms with Crippen LogP contribution < -0.4 is 0 Å². The number of rotatable bonds is 10. The molecule has 0 aromatic heterocycles. The molecule has 0 amide bonds. The summed E-state index contributed by atoms with van der Waals surface area (Å²) in [4.78, 5) is 0. The third-order valence-electron chi connectivity index (χ3n) is 12.2. The van der Waals surface area contributed by atoms with Crippen molar-refractivity contribution in [3.63, 3.8) is 0 Å². The fraction of sp³-hybridized carbons (Fsp3) is 0.194. The molecule has 0 nitrogen and oxygen atoms in total. The molecule has 0 bridgehead atoms. The maximum Gasteiger partial charge on any atom is -0.00946 e. The fourth-order valence-electron chi connectivity index (χ4n) is 9.95. The quantitative estimate of drug-likeness (QED) is 0.121. The van der Waals surface area contributed by atoms with Crippen LogP contribution in [0.2, 0.25) is 0 Å². The van der Waals surface area contributed by atoms with Crippen molar-refractivity contribution in [3.05, 3.63) is 244 Å². The normalized spacial score (nSPS) is 11.4.